The zero-order valence-corrected chi connectivity index (χ0v) is 12.9. The van der Waals surface area contributed by atoms with Crippen molar-refractivity contribution in [3.05, 3.63) is 29.8 Å². The smallest absolute Gasteiger partial charge is 0.0361 e. The maximum Gasteiger partial charge on any atom is 0.0361 e. The van der Waals surface area contributed by atoms with Gasteiger partial charge in [-0.1, -0.05) is 37.8 Å². The molecule has 0 spiro atoms. The van der Waals surface area contributed by atoms with Crippen LogP contribution in [0, 0.1) is 0 Å². The van der Waals surface area contributed by atoms with E-state index < -0.39 is 0 Å². The molecule has 1 fully saturated rings. The molecule has 1 aromatic rings. The molecule has 0 atom stereocenters. The van der Waals surface area contributed by atoms with Crippen LogP contribution in [0.1, 0.15) is 44.1 Å². The van der Waals surface area contributed by atoms with Gasteiger partial charge in [-0.15, -0.1) is 0 Å². The second-order valence-corrected chi connectivity index (χ2v) is 5.63. The standard InChI is InChI=1S/C16H26N2.ClH/c1-18(2)16-11-9-14(10-12-16)13-17-15-7-5-3-4-6-8-15;/h9-12,15,17H,3-8,13H2,1-2H3;1H/p-1. The molecule has 0 saturated heterocycles. The molecule has 0 bridgehead atoms. The Hall–Kier alpha value is -0.730. The number of benzene rings is 1. The highest BCUT2D eigenvalue weighted by Crippen LogP contribution is 2.18. The van der Waals surface area contributed by atoms with Crippen molar-refractivity contribution in [1.82, 2.24) is 5.32 Å². The number of hydrogen-bond donors (Lipinski definition) is 1. The number of hydrogen-bond acceptors (Lipinski definition) is 2. The highest BCUT2D eigenvalue weighted by Gasteiger charge is 2.11. The van der Waals surface area contributed by atoms with Gasteiger partial charge in [0.25, 0.3) is 0 Å². The van der Waals surface area contributed by atoms with Crippen molar-refractivity contribution in [2.24, 2.45) is 0 Å². The van der Waals surface area contributed by atoms with E-state index in [1.165, 1.54) is 49.8 Å². The minimum Gasteiger partial charge on any atom is -1.00 e. The Morgan fingerprint density at radius 2 is 1.58 bits per heavy atom. The Labute approximate surface area is 124 Å². The summed E-state index contributed by atoms with van der Waals surface area (Å²) in [6, 6.07) is 9.60. The van der Waals surface area contributed by atoms with Gasteiger partial charge in [-0.3, -0.25) is 0 Å². The quantitative estimate of drug-likeness (QED) is 0.812. The van der Waals surface area contributed by atoms with Crippen molar-refractivity contribution >= 4 is 5.69 Å². The van der Waals surface area contributed by atoms with Gasteiger partial charge in [0.15, 0.2) is 0 Å². The second-order valence-electron chi connectivity index (χ2n) is 5.63. The van der Waals surface area contributed by atoms with Crippen LogP contribution in [0.3, 0.4) is 0 Å². The number of halogens is 1. The number of anilines is 1. The molecule has 0 aromatic heterocycles. The third kappa shape index (κ3) is 5.42. The fourth-order valence-electron chi connectivity index (χ4n) is 2.66. The Morgan fingerprint density at radius 1 is 1.00 bits per heavy atom. The molecule has 0 amide bonds. The van der Waals surface area contributed by atoms with Crippen LogP contribution in [0.15, 0.2) is 24.3 Å². The van der Waals surface area contributed by atoms with Gasteiger partial charge < -0.3 is 22.6 Å². The van der Waals surface area contributed by atoms with Crippen molar-refractivity contribution in [1.29, 1.82) is 0 Å². The molecule has 0 heterocycles. The third-order valence-corrected chi connectivity index (χ3v) is 3.90. The molecule has 3 heteroatoms. The maximum absolute atomic E-state index is 3.71. The predicted molar refractivity (Wildman–Crippen MR) is 79.1 cm³/mol. The van der Waals surface area contributed by atoms with Crippen LogP contribution in [0.4, 0.5) is 5.69 Å². The summed E-state index contributed by atoms with van der Waals surface area (Å²) in [4.78, 5) is 2.14. The van der Waals surface area contributed by atoms with Crippen molar-refractivity contribution in [2.75, 3.05) is 19.0 Å². The normalized spacial score (nSPS) is 16.5. The lowest BCUT2D eigenvalue weighted by molar-refractivity contribution is -0.00000391. The summed E-state index contributed by atoms with van der Waals surface area (Å²) in [6.45, 7) is 1.01. The van der Waals surface area contributed by atoms with E-state index >= 15 is 0 Å². The summed E-state index contributed by atoms with van der Waals surface area (Å²) in [5.41, 5.74) is 2.66. The van der Waals surface area contributed by atoms with E-state index in [9.17, 15) is 0 Å². The first-order valence-corrected chi connectivity index (χ1v) is 7.25. The van der Waals surface area contributed by atoms with E-state index in [0.717, 1.165) is 12.6 Å². The van der Waals surface area contributed by atoms with Gasteiger partial charge in [0.05, 0.1) is 0 Å². The average molecular weight is 282 g/mol. The SMILES string of the molecule is CN(C)c1ccc(CNC2CCCCCC2)cc1.[Cl-]. The first-order chi connectivity index (χ1) is 8.75. The largest absolute Gasteiger partial charge is 1.00 e. The molecule has 1 aliphatic rings. The number of nitrogens with zero attached hydrogens (tertiary/aromatic N) is 1. The summed E-state index contributed by atoms with van der Waals surface area (Å²) in [5.74, 6) is 0. The van der Waals surface area contributed by atoms with E-state index in [0.29, 0.717) is 0 Å². The third-order valence-electron chi connectivity index (χ3n) is 3.90. The average Bonchev–Trinajstić information content (AvgIpc) is 2.65. The molecule has 0 radical (unpaired) electrons. The Kier molecular flexibility index (Phi) is 7.25. The molecule has 2 nitrogen and oxygen atoms in total. The summed E-state index contributed by atoms with van der Waals surface area (Å²) >= 11 is 0. The van der Waals surface area contributed by atoms with E-state index in [4.69, 9.17) is 0 Å². The molecule has 1 aromatic carbocycles. The van der Waals surface area contributed by atoms with Crippen molar-refractivity contribution < 1.29 is 12.4 Å². The van der Waals surface area contributed by atoms with Crippen molar-refractivity contribution in [3.63, 3.8) is 0 Å². The predicted octanol–water partition coefficient (Wildman–Crippen LogP) is 0.569. The van der Waals surface area contributed by atoms with Gasteiger partial charge in [0, 0.05) is 32.4 Å². The zero-order chi connectivity index (χ0) is 12.8. The van der Waals surface area contributed by atoms with Crippen LogP contribution < -0.4 is 22.6 Å². The lowest BCUT2D eigenvalue weighted by Crippen LogP contribution is -3.00. The van der Waals surface area contributed by atoms with Crippen molar-refractivity contribution in [3.8, 4) is 0 Å². The first kappa shape index (κ1) is 16.3. The van der Waals surface area contributed by atoms with Gasteiger partial charge in [-0.2, -0.15) is 0 Å². The molecule has 1 aliphatic carbocycles. The van der Waals surface area contributed by atoms with Gasteiger partial charge in [0.2, 0.25) is 0 Å². The molecule has 2 rings (SSSR count). The highest BCUT2D eigenvalue weighted by molar-refractivity contribution is 5.45. The van der Waals surface area contributed by atoms with E-state index in [2.05, 4.69) is 48.6 Å². The molecule has 1 saturated carbocycles. The number of rotatable bonds is 4. The topological polar surface area (TPSA) is 15.3 Å². The highest BCUT2D eigenvalue weighted by atomic mass is 35.5. The van der Waals surface area contributed by atoms with Crippen LogP contribution in [0.25, 0.3) is 0 Å². The van der Waals surface area contributed by atoms with Crippen LogP contribution >= 0.6 is 0 Å². The Morgan fingerprint density at radius 3 is 2.11 bits per heavy atom. The van der Waals surface area contributed by atoms with E-state index in [1.54, 1.807) is 0 Å². The Balaban J connectivity index is 0.00000180. The summed E-state index contributed by atoms with van der Waals surface area (Å²) in [5, 5.41) is 3.71. The lowest BCUT2D eigenvalue weighted by atomic mass is 10.1. The molecule has 0 unspecified atom stereocenters. The molecule has 19 heavy (non-hydrogen) atoms. The molecular formula is C16H26ClN2-. The van der Waals surface area contributed by atoms with E-state index in [-0.39, 0.29) is 12.4 Å². The number of nitrogens with one attached hydrogen (secondary N) is 1. The van der Waals surface area contributed by atoms with Gasteiger partial charge in [0.1, 0.15) is 0 Å². The van der Waals surface area contributed by atoms with Gasteiger partial charge >= 0.3 is 0 Å². The molecule has 108 valence electrons. The molecule has 0 aliphatic heterocycles. The van der Waals surface area contributed by atoms with Crippen LogP contribution in [-0.2, 0) is 6.54 Å². The van der Waals surface area contributed by atoms with Crippen LogP contribution in [0.5, 0.6) is 0 Å². The van der Waals surface area contributed by atoms with Gasteiger partial charge in [-0.25, -0.2) is 0 Å². The Bertz CT molecular complexity index is 340. The molecular weight excluding hydrogens is 256 g/mol. The monoisotopic (exact) mass is 281 g/mol. The first-order valence-electron chi connectivity index (χ1n) is 7.25. The minimum absolute atomic E-state index is 0. The zero-order valence-electron chi connectivity index (χ0n) is 12.2. The molecule has 1 N–H and O–H groups in total. The van der Waals surface area contributed by atoms with Crippen LogP contribution in [-0.4, -0.2) is 20.1 Å². The van der Waals surface area contributed by atoms with Crippen LogP contribution in [0.2, 0.25) is 0 Å². The summed E-state index contributed by atoms with van der Waals surface area (Å²) in [6.07, 6.45) is 8.37. The minimum atomic E-state index is 0. The fraction of sp³-hybridized carbons (Fsp3) is 0.625. The lowest BCUT2D eigenvalue weighted by Gasteiger charge is -2.17. The van der Waals surface area contributed by atoms with E-state index in [1.807, 2.05) is 0 Å². The summed E-state index contributed by atoms with van der Waals surface area (Å²) in [7, 11) is 4.16. The fourth-order valence-corrected chi connectivity index (χ4v) is 2.66. The second kappa shape index (κ2) is 8.44. The maximum atomic E-state index is 3.71. The van der Waals surface area contributed by atoms with Gasteiger partial charge in [-0.05, 0) is 30.5 Å². The summed E-state index contributed by atoms with van der Waals surface area (Å²) < 4.78 is 0. The van der Waals surface area contributed by atoms with Crippen molar-refractivity contribution in [2.45, 2.75) is 51.1 Å².